The van der Waals surface area contributed by atoms with Crippen LogP contribution in [0.3, 0.4) is 0 Å². The number of rotatable bonds is 4. The highest BCUT2D eigenvalue weighted by atomic mass is 19.1. The molecule has 2 aliphatic rings. The fourth-order valence-electron chi connectivity index (χ4n) is 3.48. The smallest absolute Gasteiger partial charge is 0.319 e. The van der Waals surface area contributed by atoms with Gasteiger partial charge >= 0.3 is 6.03 Å². The monoisotopic (exact) mass is 335 g/mol. The summed E-state index contributed by atoms with van der Waals surface area (Å²) in [7, 11) is 0. The summed E-state index contributed by atoms with van der Waals surface area (Å²) in [5.41, 5.74) is 0.979. The predicted molar refractivity (Wildman–Crippen MR) is 91.7 cm³/mol. The first-order valence-corrected chi connectivity index (χ1v) is 8.74. The van der Waals surface area contributed by atoms with Crippen molar-refractivity contribution in [1.29, 1.82) is 0 Å². The molecule has 5 nitrogen and oxygen atoms in total. The van der Waals surface area contributed by atoms with Gasteiger partial charge in [-0.2, -0.15) is 0 Å². The number of likely N-dealkylation sites (tertiary alicyclic amines) is 1. The van der Waals surface area contributed by atoms with Crippen LogP contribution in [0, 0.1) is 18.7 Å². The van der Waals surface area contributed by atoms with E-state index in [4.69, 9.17) is 4.74 Å². The highest BCUT2D eigenvalue weighted by molar-refractivity contribution is 5.90. The number of hydrogen-bond acceptors (Lipinski definition) is 3. The van der Waals surface area contributed by atoms with Gasteiger partial charge in [0.2, 0.25) is 0 Å². The van der Waals surface area contributed by atoms with E-state index in [1.165, 1.54) is 6.07 Å². The summed E-state index contributed by atoms with van der Waals surface area (Å²) in [5.74, 6) is 0.251. The molecule has 0 unspecified atom stereocenters. The lowest BCUT2D eigenvalue weighted by Gasteiger charge is -2.33. The topological polar surface area (TPSA) is 53.6 Å². The molecule has 0 aliphatic carbocycles. The van der Waals surface area contributed by atoms with Crippen LogP contribution in [0.5, 0.6) is 0 Å². The van der Waals surface area contributed by atoms with Gasteiger partial charge in [0, 0.05) is 32.3 Å². The summed E-state index contributed by atoms with van der Waals surface area (Å²) in [6.07, 6.45) is 3.01. The SMILES string of the molecule is Cc1cccc(F)c1NC(=O)NC1CCN(C[C@H]2CCOC2)CC1. The van der Waals surface area contributed by atoms with Gasteiger partial charge in [0.1, 0.15) is 5.82 Å². The van der Waals surface area contributed by atoms with Crippen LogP contribution in [0.15, 0.2) is 18.2 Å². The van der Waals surface area contributed by atoms with Crippen molar-refractivity contribution < 1.29 is 13.9 Å². The number of amides is 2. The van der Waals surface area contributed by atoms with Gasteiger partial charge in [0.25, 0.3) is 0 Å². The lowest BCUT2D eigenvalue weighted by atomic mass is 10.0. The van der Waals surface area contributed by atoms with Crippen molar-refractivity contribution in [2.45, 2.75) is 32.2 Å². The molecule has 6 heteroatoms. The fraction of sp³-hybridized carbons (Fsp3) is 0.611. The van der Waals surface area contributed by atoms with Gasteiger partial charge in [0.15, 0.2) is 0 Å². The summed E-state index contributed by atoms with van der Waals surface area (Å²) < 4.78 is 19.2. The van der Waals surface area contributed by atoms with E-state index in [0.717, 1.165) is 57.7 Å². The standard InChI is InChI=1S/C18H26FN3O2/c1-13-3-2-4-16(19)17(13)21-18(23)20-15-5-8-22(9-6-15)11-14-7-10-24-12-14/h2-4,14-15H,5-12H2,1H3,(H2,20,21,23)/t14-/m1/s1. The van der Waals surface area contributed by atoms with Gasteiger partial charge < -0.3 is 20.3 Å². The van der Waals surface area contributed by atoms with Crippen LogP contribution in [0.4, 0.5) is 14.9 Å². The number of para-hydroxylation sites is 1. The number of carbonyl (C=O) groups excluding carboxylic acids is 1. The van der Waals surface area contributed by atoms with Gasteiger partial charge in [0.05, 0.1) is 12.3 Å². The molecule has 1 aromatic rings. The van der Waals surface area contributed by atoms with Gasteiger partial charge in [-0.15, -0.1) is 0 Å². The first-order chi connectivity index (χ1) is 11.6. The number of piperidine rings is 1. The number of aryl methyl sites for hydroxylation is 1. The quantitative estimate of drug-likeness (QED) is 0.890. The first-order valence-electron chi connectivity index (χ1n) is 8.74. The van der Waals surface area contributed by atoms with E-state index in [0.29, 0.717) is 5.92 Å². The molecule has 2 heterocycles. The Kier molecular flexibility index (Phi) is 5.68. The molecule has 2 saturated heterocycles. The summed E-state index contributed by atoms with van der Waals surface area (Å²) in [5, 5.41) is 5.61. The van der Waals surface area contributed by atoms with Crippen molar-refractivity contribution in [3.63, 3.8) is 0 Å². The Morgan fingerprint density at radius 3 is 2.79 bits per heavy atom. The second-order valence-corrected chi connectivity index (χ2v) is 6.83. The van der Waals surface area contributed by atoms with Crippen LogP contribution < -0.4 is 10.6 Å². The average molecular weight is 335 g/mol. The highest BCUT2D eigenvalue weighted by Gasteiger charge is 2.24. The third kappa shape index (κ3) is 4.45. The van der Waals surface area contributed by atoms with Crippen molar-refractivity contribution >= 4 is 11.7 Å². The van der Waals surface area contributed by atoms with Gasteiger partial charge in [-0.1, -0.05) is 12.1 Å². The Bertz CT molecular complexity index is 547. The molecule has 2 amide bonds. The number of urea groups is 1. The minimum Gasteiger partial charge on any atom is -0.381 e. The molecule has 1 atom stereocenters. The van der Waals surface area contributed by atoms with Crippen molar-refractivity contribution in [3.8, 4) is 0 Å². The van der Waals surface area contributed by atoms with Crippen LogP contribution in [0.25, 0.3) is 0 Å². The molecule has 24 heavy (non-hydrogen) atoms. The van der Waals surface area contributed by atoms with E-state index in [1.807, 2.05) is 0 Å². The zero-order valence-electron chi connectivity index (χ0n) is 14.2. The molecule has 2 aliphatic heterocycles. The summed E-state index contributed by atoms with van der Waals surface area (Å²) in [6.45, 7) is 6.61. The maximum Gasteiger partial charge on any atom is 0.319 e. The molecule has 132 valence electrons. The van der Waals surface area contributed by atoms with E-state index in [1.54, 1.807) is 19.1 Å². The Hall–Kier alpha value is -1.66. The van der Waals surface area contributed by atoms with E-state index >= 15 is 0 Å². The lowest BCUT2D eigenvalue weighted by molar-refractivity contribution is 0.148. The fourth-order valence-corrected chi connectivity index (χ4v) is 3.48. The summed E-state index contributed by atoms with van der Waals surface area (Å²) in [4.78, 5) is 14.6. The Balaban J connectivity index is 1.43. The zero-order chi connectivity index (χ0) is 16.9. The molecule has 0 bridgehead atoms. The molecule has 0 spiro atoms. The third-order valence-corrected chi connectivity index (χ3v) is 4.92. The number of benzene rings is 1. The van der Waals surface area contributed by atoms with Crippen LogP contribution in [0.2, 0.25) is 0 Å². The lowest BCUT2D eigenvalue weighted by Crippen LogP contribution is -2.47. The van der Waals surface area contributed by atoms with Gasteiger partial charge in [-0.25, -0.2) is 9.18 Å². The molecule has 2 N–H and O–H groups in total. The van der Waals surface area contributed by atoms with E-state index in [-0.39, 0.29) is 17.8 Å². The molecule has 2 fully saturated rings. The Labute approximate surface area is 142 Å². The minimum absolute atomic E-state index is 0.146. The number of hydrogen-bond donors (Lipinski definition) is 2. The minimum atomic E-state index is -0.404. The molecule has 3 rings (SSSR count). The van der Waals surface area contributed by atoms with Gasteiger partial charge in [-0.05, 0) is 43.7 Å². The maximum atomic E-state index is 13.8. The molecule has 1 aromatic carbocycles. The first kappa shape index (κ1) is 17.2. The predicted octanol–water partition coefficient (Wildman–Crippen LogP) is 2.76. The largest absolute Gasteiger partial charge is 0.381 e. The second-order valence-electron chi connectivity index (χ2n) is 6.83. The molecule has 0 aromatic heterocycles. The van der Waals surface area contributed by atoms with Crippen LogP contribution >= 0.6 is 0 Å². The third-order valence-electron chi connectivity index (χ3n) is 4.92. The number of anilines is 1. The average Bonchev–Trinajstić information content (AvgIpc) is 3.06. The number of ether oxygens (including phenoxy) is 1. The molecular formula is C18H26FN3O2. The summed E-state index contributed by atoms with van der Waals surface area (Å²) in [6, 6.07) is 4.59. The Morgan fingerprint density at radius 1 is 1.33 bits per heavy atom. The van der Waals surface area contributed by atoms with Gasteiger partial charge in [-0.3, -0.25) is 0 Å². The summed E-state index contributed by atoms with van der Waals surface area (Å²) >= 11 is 0. The number of nitrogens with one attached hydrogen (secondary N) is 2. The van der Waals surface area contributed by atoms with Crippen molar-refractivity contribution in [3.05, 3.63) is 29.6 Å². The number of nitrogens with zero attached hydrogens (tertiary/aromatic N) is 1. The number of carbonyl (C=O) groups is 1. The number of halogens is 1. The zero-order valence-corrected chi connectivity index (χ0v) is 14.2. The van der Waals surface area contributed by atoms with Crippen LogP contribution in [-0.2, 0) is 4.74 Å². The second kappa shape index (κ2) is 7.94. The van der Waals surface area contributed by atoms with Crippen LogP contribution in [-0.4, -0.2) is 49.8 Å². The normalized spacial score (nSPS) is 22.5. The van der Waals surface area contributed by atoms with Crippen LogP contribution in [0.1, 0.15) is 24.8 Å². The van der Waals surface area contributed by atoms with E-state index < -0.39 is 5.82 Å². The maximum absolute atomic E-state index is 13.8. The Morgan fingerprint density at radius 2 is 2.12 bits per heavy atom. The van der Waals surface area contributed by atoms with E-state index in [9.17, 15) is 9.18 Å². The van der Waals surface area contributed by atoms with E-state index in [2.05, 4.69) is 15.5 Å². The van der Waals surface area contributed by atoms with Crippen molar-refractivity contribution in [2.24, 2.45) is 5.92 Å². The molecule has 0 radical (unpaired) electrons. The highest BCUT2D eigenvalue weighted by Crippen LogP contribution is 2.20. The van der Waals surface area contributed by atoms with Crippen molar-refractivity contribution in [1.82, 2.24) is 10.2 Å². The van der Waals surface area contributed by atoms with Crippen molar-refractivity contribution in [2.75, 3.05) is 38.2 Å². The molecular weight excluding hydrogens is 309 g/mol. The molecule has 0 saturated carbocycles.